The third-order valence-electron chi connectivity index (χ3n) is 5.60. The lowest BCUT2D eigenvalue weighted by molar-refractivity contribution is 0.306. The van der Waals surface area contributed by atoms with Crippen LogP contribution in [0.1, 0.15) is 24.7 Å². The summed E-state index contributed by atoms with van der Waals surface area (Å²) < 4.78 is 24.8. The van der Waals surface area contributed by atoms with Crippen molar-refractivity contribution >= 4 is 22.4 Å². The number of ether oxygens (including phenoxy) is 1. The molecule has 36 heavy (non-hydrogen) atoms. The van der Waals surface area contributed by atoms with Gasteiger partial charge in [0.2, 0.25) is 0 Å². The highest BCUT2D eigenvalue weighted by Gasteiger charge is 2.11. The molecule has 0 saturated heterocycles. The maximum atomic E-state index is 13.1. The Morgan fingerprint density at radius 3 is 2.58 bits per heavy atom. The maximum absolute atomic E-state index is 13.1. The van der Waals surface area contributed by atoms with Gasteiger partial charge in [-0.05, 0) is 73.1 Å². The number of hydrogen-bond acceptors (Lipinski definition) is 7. The number of pyridine rings is 1. The average Bonchev–Trinajstić information content (AvgIpc) is 3.38. The molecule has 0 radical (unpaired) electrons. The minimum Gasteiger partial charge on any atom is -0.489 e. The molecule has 7 nitrogen and oxygen atoms in total. The van der Waals surface area contributed by atoms with Gasteiger partial charge in [0, 0.05) is 11.1 Å². The maximum Gasteiger partial charge on any atom is 0.152 e. The second-order valence-corrected chi connectivity index (χ2v) is 8.32. The second-order valence-electron chi connectivity index (χ2n) is 8.32. The van der Waals surface area contributed by atoms with Gasteiger partial charge in [-0.2, -0.15) is 0 Å². The first-order valence-electron chi connectivity index (χ1n) is 11.8. The Bertz CT molecular complexity index is 1440. The van der Waals surface area contributed by atoms with E-state index < -0.39 is 0 Å². The zero-order valence-electron chi connectivity index (χ0n) is 19.9. The molecular formula is C28H26FN5O2. The van der Waals surface area contributed by atoms with Crippen molar-refractivity contribution in [2.45, 2.75) is 26.5 Å². The number of nitrogens with one attached hydrogen (secondary N) is 2. The van der Waals surface area contributed by atoms with Gasteiger partial charge in [0.25, 0.3) is 0 Å². The van der Waals surface area contributed by atoms with Crippen molar-refractivity contribution in [1.29, 1.82) is 0 Å². The van der Waals surface area contributed by atoms with E-state index >= 15 is 0 Å². The van der Waals surface area contributed by atoms with Crippen LogP contribution in [0.5, 0.6) is 5.75 Å². The Morgan fingerprint density at radius 1 is 0.944 bits per heavy atom. The van der Waals surface area contributed by atoms with Crippen LogP contribution in [0.15, 0.2) is 83.7 Å². The van der Waals surface area contributed by atoms with Gasteiger partial charge in [-0.3, -0.25) is 4.98 Å². The van der Waals surface area contributed by atoms with E-state index in [4.69, 9.17) is 9.15 Å². The van der Waals surface area contributed by atoms with Crippen molar-refractivity contribution in [2.24, 2.45) is 0 Å². The predicted octanol–water partition coefficient (Wildman–Crippen LogP) is 6.25. The van der Waals surface area contributed by atoms with E-state index in [1.807, 2.05) is 42.5 Å². The number of fused-ring (bicyclic) bond motifs is 1. The first-order valence-corrected chi connectivity index (χ1v) is 11.8. The lowest BCUT2D eigenvalue weighted by atomic mass is 10.2. The minimum atomic E-state index is -0.261. The minimum absolute atomic E-state index is 0.261. The van der Waals surface area contributed by atoms with E-state index in [1.54, 1.807) is 18.3 Å². The number of hydrogen-bond donors (Lipinski definition) is 2. The molecule has 8 heteroatoms. The molecule has 2 aromatic carbocycles. The number of benzene rings is 2. The quantitative estimate of drug-likeness (QED) is 0.227. The van der Waals surface area contributed by atoms with E-state index in [2.05, 4.69) is 32.5 Å². The van der Waals surface area contributed by atoms with Gasteiger partial charge < -0.3 is 19.8 Å². The molecule has 3 aromatic heterocycles. The summed E-state index contributed by atoms with van der Waals surface area (Å²) >= 11 is 0. The molecule has 0 unspecified atom stereocenters. The number of halogens is 1. The van der Waals surface area contributed by atoms with Crippen LogP contribution >= 0.6 is 0 Å². The molecule has 0 atom stereocenters. The third-order valence-corrected chi connectivity index (χ3v) is 5.60. The van der Waals surface area contributed by atoms with Crippen LogP contribution in [0.3, 0.4) is 0 Å². The molecule has 182 valence electrons. The summed E-state index contributed by atoms with van der Waals surface area (Å²) in [6.07, 6.45) is 4.30. The fourth-order valence-electron chi connectivity index (χ4n) is 3.71. The first kappa shape index (κ1) is 23.4. The molecule has 0 aliphatic rings. The molecule has 3 heterocycles. The van der Waals surface area contributed by atoms with Crippen molar-refractivity contribution in [3.63, 3.8) is 0 Å². The average molecular weight is 484 g/mol. The molecule has 0 fully saturated rings. The van der Waals surface area contributed by atoms with Gasteiger partial charge >= 0.3 is 0 Å². The van der Waals surface area contributed by atoms with Crippen molar-refractivity contribution in [1.82, 2.24) is 20.3 Å². The number of anilines is 2. The van der Waals surface area contributed by atoms with Crippen LogP contribution in [0.4, 0.5) is 15.9 Å². The Morgan fingerprint density at radius 2 is 1.78 bits per heavy atom. The molecule has 0 aliphatic carbocycles. The molecule has 0 spiro atoms. The molecule has 0 amide bonds. The van der Waals surface area contributed by atoms with E-state index in [0.717, 1.165) is 40.9 Å². The van der Waals surface area contributed by atoms with Crippen LogP contribution in [0, 0.1) is 5.82 Å². The topological polar surface area (TPSA) is 85.1 Å². The molecule has 5 rings (SSSR count). The van der Waals surface area contributed by atoms with Crippen LogP contribution in [-0.2, 0) is 13.2 Å². The van der Waals surface area contributed by atoms with Gasteiger partial charge in [0.15, 0.2) is 5.76 Å². The summed E-state index contributed by atoms with van der Waals surface area (Å²) in [7, 11) is 0. The summed E-state index contributed by atoms with van der Waals surface area (Å²) in [6, 6.07) is 19.7. The zero-order valence-corrected chi connectivity index (χ0v) is 19.9. The molecule has 2 N–H and O–H groups in total. The molecule has 0 bridgehead atoms. The molecule has 0 aliphatic heterocycles. The highest BCUT2D eigenvalue weighted by Crippen LogP contribution is 2.28. The van der Waals surface area contributed by atoms with Crippen molar-refractivity contribution in [3.8, 4) is 17.2 Å². The van der Waals surface area contributed by atoms with E-state index in [0.29, 0.717) is 36.2 Å². The highest BCUT2D eigenvalue weighted by molar-refractivity contribution is 5.92. The van der Waals surface area contributed by atoms with Crippen LogP contribution in [0.2, 0.25) is 0 Å². The smallest absolute Gasteiger partial charge is 0.152 e. The monoisotopic (exact) mass is 483 g/mol. The Balaban J connectivity index is 1.30. The number of rotatable bonds is 10. The second kappa shape index (κ2) is 11.0. The van der Waals surface area contributed by atoms with Crippen LogP contribution in [0.25, 0.3) is 22.4 Å². The molecular weight excluding hydrogens is 457 g/mol. The molecule has 0 saturated carbocycles. The van der Waals surface area contributed by atoms with Crippen LogP contribution < -0.4 is 15.4 Å². The van der Waals surface area contributed by atoms with Gasteiger partial charge in [-0.15, -0.1) is 0 Å². The van der Waals surface area contributed by atoms with Crippen LogP contribution in [-0.4, -0.2) is 21.5 Å². The van der Waals surface area contributed by atoms with Crippen molar-refractivity contribution in [3.05, 3.63) is 96.4 Å². The van der Waals surface area contributed by atoms with Gasteiger partial charge in [0.1, 0.15) is 41.8 Å². The van der Waals surface area contributed by atoms with E-state index in [1.165, 1.54) is 18.5 Å². The number of furan rings is 1. The summed E-state index contributed by atoms with van der Waals surface area (Å²) in [5, 5.41) is 7.53. The fraction of sp³-hybridized carbons (Fsp3) is 0.179. The van der Waals surface area contributed by atoms with E-state index in [-0.39, 0.29) is 5.82 Å². The third kappa shape index (κ3) is 5.67. The Labute approximate surface area is 208 Å². The van der Waals surface area contributed by atoms with Crippen molar-refractivity contribution < 1.29 is 13.5 Å². The zero-order chi connectivity index (χ0) is 24.7. The molecule has 5 aromatic rings. The lowest BCUT2D eigenvalue weighted by Gasteiger charge is -2.10. The van der Waals surface area contributed by atoms with Gasteiger partial charge in [-0.25, -0.2) is 14.4 Å². The largest absolute Gasteiger partial charge is 0.489 e. The Kier molecular flexibility index (Phi) is 7.14. The van der Waals surface area contributed by atoms with Gasteiger partial charge in [-0.1, -0.05) is 19.1 Å². The van der Waals surface area contributed by atoms with E-state index in [9.17, 15) is 4.39 Å². The summed E-state index contributed by atoms with van der Waals surface area (Å²) in [5.41, 5.74) is 3.19. The Hall–Kier alpha value is -4.30. The SMILES string of the molecule is CCCNCc1ccc(-c2cc3c(Nc4ccc(OCc5ccc(F)cc5)cc4)ncnc3cn2)o1. The predicted molar refractivity (Wildman–Crippen MR) is 137 cm³/mol. The van der Waals surface area contributed by atoms with Gasteiger partial charge in [0.05, 0.1) is 18.3 Å². The summed E-state index contributed by atoms with van der Waals surface area (Å²) in [5.74, 6) is 2.68. The number of nitrogens with zero attached hydrogens (tertiary/aromatic N) is 3. The normalized spacial score (nSPS) is 11.1. The fourth-order valence-corrected chi connectivity index (χ4v) is 3.71. The standard InChI is InChI=1S/C28H26FN5O2/c1-2-13-30-15-23-11-12-27(36-23)25-14-24-26(16-31-25)32-18-33-28(24)34-21-7-9-22(10-8-21)35-17-19-3-5-20(29)6-4-19/h3-12,14,16,18,30H,2,13,15,17H2,1H3,(H,32,33,34). The first-order chi connectivity index (χ1) is 17.7. The number of aromatic nitrogens is 3. The van der Waals surface area contributed by atoms with Crippen molar-refractivity contribution in [2.75, 3.05) is 11.9 Å². The highest BCUT2D eigenvalue weighted by atomic mass is 19.1. The lowest BCUT2D eigenvalue weighted by Crippen LogP contribution is -2.12. The summed E-state index contributed by atoms with van der Waals surface area (Å²) in [4.78, 5) is 13.3. The summed E-state index contributed by atoms with van der Waals surface area (Å²) in [6.45, 7) is 4.12.